The quantitative estimate of drug-likeness (QED) is 0.870. The van der Waals surface area contributed by atoms with Crippen molar-refractivity contribution in [3.63, 3.8) is 0 Å². The second-order valence-electron chi connectivity index (χ2n) is 6.32. The van der Waals surface area contributed by atoms with Crippen molar-refractivity contribution in [2.75, 3.05) is 17.7 Å². The summed E-state index contributed by atoms with van der Waals surface area (Å²) in [5, 5.41) is 6.90. The molecular formula is C15H24N4. The number of nitrogens with one attached hydrogen (secondary N) is 2. The molecule has 0 saturated heterocycles. The van der Waals surface area contributed by atoms with E-state index in [-0.39, 0.29) is 5.54 Å². The molecule has 0 unspecified atom stereocenters. The third-order valence-electron chi connectivity index (χ3n) is 4.47. The van der Waals surface area contributed by atoms with E-state index in [4.69, 9.17) is 4.98 Å². The number of nitrogens with zero attached hydrogens (tertiary/aromatic N) is 2. The summed E-state index contributed by atoms with van der Waals surface area (Å²) in [6.07, 6.45) is 7.60. The summed E-state index contributed by atoms with van der Waals surface area (Å²) in [7, 11) is 1.94. The third kappa shape index (κ3) is 2.53. The average molecular weight is 260 g/mol. The molecule has 0 amide bonds. The van der Waals surface area contributed by atoms with Crippen LogP contribution in [-0.2, 0) is 0 Å². The Labute approximate surface area is 115 Å². The van der Waals surface area contributed by atoms with Crippen LogP contribution in [0.4, 0.5) is 11.6 Å². The Kier molecular flexibility index (Phi) is 3.11. The van der Waals surface area contributed by atoms with E-state index < -0.39 is 0 Å². The van der Waals surface area contributed by atoms with Gasteiger partial charge in [-0.3, -0.25) is 0 Å². The van der Waals surface area contributed by atoms with E-state index >= 15 is 0 Å². The zero-order valence-electron chi connectivity index (χ0n) is 12.2. The minimum atomic E-state index is 0.213. The van der Waals surface area contributed by atoms with Crippen molar-refractivity contribution in [2.45, 2.75) is 63.8 Å². The molecule has 0 bridgehead atoms. The van der Waals surface area contributed by atoms with Crippen molar-refractivity contribution in [3.8, 4) is 0 Å². The van der Waals surface area contributed by atoms with E-state index in [1.54, 1.807) is 0 Å². The molecule has 0 aliphatic heterocycles. The van der Waals surface area contributed by atoms with Crippen LogP contribution in [0.1, 0.15) is 62.8 Å². The van der Waals surface area contributed by atoms with Crippen LogP contribution in [0.5, 0.6) is 0 Å². The Balaban J connectivity index is 1.92. The van der Waals surface area contributed by atoms with Gasteiger partial charge < -0.3 is 10.6 Å². The van der Waals surface area contributed by atoms with Crippen LogP contribution in [-0.4, -0.2) is 22.6 Å². The largest absolute Gasteiger partial charge is 0.373 e. The van der Waals surface area contributed by atoms with Crippen LogP contribution >= 0.6 is 0 Å². The molecular weight excluding hydrogens is 236 g/mol. The van der Waals surface area contributed by atoms with E-state index in [2.05, 4.69) is 29.5 Å². The van der Waals surface area contributed by atoms with Gasteiger partial charge in [0, 0.05) is 24.1 Å². The summed E-state index contributed by atoms with van der Waals surface area (Å²) < 4.78 is 0. The van der Waals surface area contributed by atoms with Crippen LogP contribution in [0, 0.1) is 6.92 Å². The zero-order valence-corrected chi connectivity index (χ0v) is 12.2. The highest BCUT2D eigenvalue weighted by atomic mass is 15.1. The van der Waals surface area contributed by atoms with Crippen LogP contribution in [0.25, 0.3) is 0 Å². The Morgan fingerprint density at radius 1 is 1.11 bits per heavy atom. The van der Waals surface area contributed by atoms with Gasteiger partial charge in [-0.1, -0.05) is 12.8 Å². The maximum atomic E-state index is 4.79. The van der Waals surface area contributed by atoms with Gasteiger partial charge in [0.25, 0.3) is 0 Å². The van der Waals surface area contributed by atoms with E-state index in [1.165, 1.54) is 38.5 Å². The van der Waals surface area contributed by atoms with Crippen molar-refractivity contribution in [2.24, 2.45) is 0 Å². The topological polar surface area (TPSA) is 49.8 Å². The van der Waals surface area contributed by atoms with Crippen molar-refractivity contribution in [1.82, 2.24) is 9.97 Å². The van der Waals surface area contributed by atoms with Crippen LogP contribution in [0.15, 0.2) is 0 Å². The summed E-state index contributed by atoms with van der Waals surface area (Å²) in [5.74, 6) is 3.61. The first-order valence-electron chi connectivity index (χ1n) is 7.46. The van der Waals surface area contributed by atoms with Crippen LogP contribution in [0.2, 0.25) is 0 Å². The third-order valence-corrected chi connectivity index (χ3v) is 4.47. The van der Waals surface area contributed by atoms with E-state index in [1.807, 2.05) is 7.05 Å². The molecule has 0 spiro atoms. The molecule has 2 saturated carbocycles. The Hall–Kier alpha value is -1.32. The van der Waals surface area contributed by atoms with E-state index in [9.17, 15) is 0 Å². The van der Waals surface area contributed by atoms with Crippen molar-refractivity contribution >= 4 is 11.6 Å². The molecule has 0 radical (unpaired) electrons. The predicted molar refractivity (Wildman–Crippen MR) is 78.8 cm³/mol. The van der Waals surface area contributed by atoms with Crippen molar-refractivity contribution in [1.29, 1.82) is 0 Å². The molecule has 0 aromatic carbocycles. The average Bonchev–Trinajstić information content (AvgIpc) is 3.15. The smallest absolute Gasteiger partial charge is 0.136 e. The molecule has 2 N–H and O–H groups in total. The van der Waals surface area contributed by atoms with Gasteiger partial charge >= 0.3 is 0 Å². The van der Waals surface area contributed by atoms with Gasteiger partial charge in [-0.05, 0) is 39.5 Å². The van der Waals surface area contributed by atoms with Crippen LogP contribution in [0.3, 0.4) is 0 Å². The summed E-state index contributed by atoms with van der Waals surface area (Å²) in [6.45, 7) is 4.42. The lowest BCUT2D eigenvalue weighted by Gasteiger charge is -2.27. The molecule has 1 aromatic heterocycles. The minimum absolute atomic E-state index is 0.213. The van der Waals surface area contributed by atoms with Crippen LogP contribution < -0.4 is 10.6 Å². The van der Waals surface area contributed by atoms with Gasteiger partial charge in [0.2, 0.25) is 0 Å². The van der Waals surface area contributed by atoms with Gasteiger partial charge in [0.05, 0.1) is 0 Å². The first-order valence-corrected chi connectivity index (χ1v) is 7.46. The first-order chi connectivity index (χ1) is 9.11. The number of anilines is 2. The molecule has 1 aromatic rings. The van der Waals surface area contributed by atoms with Crippen molar-refractivity contribution < 1.29 is 0 Å². The summed E-state index contributed by atoms with van der Waals surface area (Å²) >= 11 is 0. The van der Waals surface area contributed by atoms with Crippen molar-refractivity contribution in [3.05, 3.63) is 11.4 Å². The molecule has 2 fully saturated rings. The van der Waals surface area contributed by atoms with Gasteiger partial charge in [-0.25, -0.2) is 9.97 Å². The Morgan fingerprint density at radius 2 is 1.74 bits per heavy atom. The second-order valence-corrected chi connectivity index (χ2v) is 6.32. The Bertz CT molecular complexity index is 473. The fourth-order valence-electron chi connectivity index (χ4n) is 2.99. The van der Waals surface area contributed by atoms with E-state index in [0.717, 1.165) is 23.0 Å². The molecule has 3 rings (SSSR count). The van der Waals surface area contributed by atoms with Gasteiger partial charge in [0.15, 0.2) is 0 Å². The number of hydrogen-bond acceptors (Lipinski definition) is 4. The molecule has 4 heteroatoms. The number of hydrogen-bond donors (Lipinski definition) is 2. The number of aromatic nitrogens is 2. The minimum Gasteiger partial charge on any atom is -0.373 e. The predicted octanol–water partition coefficient (Wildman–Crippen LogP) is 3.45. The zero-order chi connectivity index (χ0) is 13.5. The Morgan fingerprint density at radius 3 is 2.32 bits per heavy atom. The summed E-state index contributed by atoms with van der Waals surface area (Å²) in [5.41, 5.74) is 1.35. The first kappa shape index (κ1) is 12.7. The van der Waals surface area contributed by atoms with E-state index in [0.29, 0.717) is 5.92 Å². The lowest BCUT2D eigenvalue weighted by molar-refractivity contribution is 0.530. The van der Waals surface area contributed by atoms with Gasteiger partial charge in [0.1, 0.15) is 17.5 Å². The highest BCUT2D eigenvalue weighted by Crippen LogP contribution is 2.40. The molecule has 1 heterocycles. The maximum absolute atomic E-state index is 4.79. The molecule has 104 valence electrons. The highest BCUT2D eigenvalue weighted by molar-refractivity contribution is 5.58. The summed E-state index contributed by atoms with van der Waals surface area (Å²) in [4.78, 5) is 9.44. The number of rotatable bonds is 4. The lowest BCUT2D eigenvalue weighted by Crippen LogP contribution is -2.32. The van der Waals surface area contributed by atoms with Gasteiger partial charge in [-0.2, -0.15) is 0 Å². The fourth-order valence-corrected chi connectivity index (χ4v) is 2.99. The maximum Gasteiger partial charge on any atom is 0.136 e. The SMILES string of the molecule is CNc1nc(C2CC2)nc(NC2(C)CCCC2)c1C. The normalized spacial score (nSPS) is 21.4. The molecule has 19 heavy (non-hydrogen) atoms. The molecule has 4 nitrogen and oxygen atoms in total. The fraction of sp³-hybridized carbons (Fsp3) is 0.733. The molecule has 2 aliphatic carbocycles. The standard InChI is InChI=1S/C15H24N4/c1-10-12(16-3)17-14(11-6-7-11)18-13(10)19-15(2)8-4-5-9-15/h11H,4-9H2,1-3H3,(H2,16,17,18,19). The lowest BCUT2D eigenvalue weighted by atomic mass is 10.0. The highest BCUT2D eigenvalue weighted by Gasteiger charge is 2.32. The second kappa shape index (κ2) is 4.66. The molecule has 0 atom stereocenters. The molecule has 2 aliphatic rings. The van der Waals surface area contributed by atoms with Gasteiger partial charge in [-0.15, -0.1) is 0 Å². The summed E-state index contributed by atoms with van der Waals surface area (Å²) in [6, 6.07) is 0. The monoisotopic (exact) mass is 260 g/mol.